The third kappa shape index (κ3) is 11.6. The molecule has 0 bridgehead atoms. The van der Waals surface area contributed by atoms with Crippen molar-refractivity contribution in [1.82, 2.24) is 0 Å². The Morgan fingerprint density at radius 1 is 0.732 bits per heavy atom. The largest absolute Gasteiger partial charge is 0.497 e. The first-order valence-corrected chi connectivity index (χ1v) is 14.7. The van der Waals surface area contributed by atoms with Crippen LogP contribution in [-0.4, -0.2) is 25.7 Å². The van der Waals surface area contributed by atoms with Crippen molar-refractivity contribution < 1.29 is 23.8 Å². The second-order valence-corrected chi connectivity index (χ2v) is 10.8. The van der Waals surface area contributed by atoms with E-state index in [1.807, 2.05) is 86.7 Å². The van der Waals surface area contributed by atoms with Gasteiger partial charge in [-0.1, -0.05) is 112 Å². The van der Waals surface area contributed by atoms with Gasteiger partial charge in [0.1, 0.15) is 12.4 Å². The molecule has 0 aliphatic carbocycles. The summed E-state index contributed by atoms with van der Waals surface area (Å²) in [4.78, 5) is 26.9. The molecule has 0 saturated heterocycles. The number of benzene rings is 3. The van der Waals surface area contributed by atoms with Crippen molar-refractivity contribution in [3.05, 3.63) is 108 Å². The Morgan fingerprint density at radius 2 is 1.37 bits per heavy atom. The monoisotopic (exact) mass is 556 g/mol. The zero-order valence-corrected chi connectivity index (χ0v) is 24.7. The van der Waals surface area contributed by atoms with Crippen LogP contribution in [0.4, 0.5) is 0 Å². The van der Waals surface area contributed by atoms with Crippen molar-refractivity contribution in [3.63, 3.8) is 0 Å². The molecule has 2 atom stereocenters. The Morgan fingerprint density at radius 3 is 2.00 bits per heavy atom. The fourth-order valence-corrected chi connectivity index (χ4v) is 4.68. The van der Waals surface area contributed by atoms with Gasteiger partial charge in [0.15, 0.2) is 0 Å². The summed E-state index contributed by atoms with van der Waals surface area (Å²) in [7, 11) is 1.64. The standard InChI is InChI=1S/C36H44O5/c1-28(2)26-40-35(37)34(21-13-19-30-22-24-32(39-3)25-23-30)33(36(38)41-27-31-17-10-5-11-18-31)20-12-6-9-16-29-14-7-4-8-15-29/h4-5,7-8,10-11,13-15,17-19,22-25,28,33-34H,6,9,12,16,20-21,26-27H2,1-3H3/b19-13+/t33-,34+/m0/s1. The van der Waals surface area contributed by atoms with Gasteiger partial charge >= 0.3 is 11.9 Å². The summed E-state index contributed by atoms with van der Waals surface area (Å²) in [5.41, 5.74) is 3.22. The Bertz CT molecular complexity index is 1190. The highest BCUT2D eigenvalue weighted by molar-refractivity contribution is 5.82. The number of hydrogen-bond donors (Lipinski definition) is 0. The van der Waals surface area contributed by atoms with Gasteiger partial charge in [-0.25, -0.2) is 0 Å². The van der Waals surface area contributed by atoms with Gasteiger partial charge in [0.25, 0.3) is 0 Å². The van der Waals surface area contributed by atoms with Crippen molar-refractivity contribution in [3.8, 4) is 5.75 Å². The number of rotatable bonds is 17. The molecule has 0 amide bonds. The molecular formula is C36H44O5. The summed E-state index contributed by atoms with van der Waals surface area (Å²) in [5.74, 6) is -0.914. The van der Waals surface area contributed by atoms with Gasteiger partial charge in [0.2, 0.25) is 0 Å². The van der Waals surface area contributed by atoms with E-state index in [1.54, 1.807) is 7.11 Å². The number of aryl methyl sites for hydroxylation is 1. The average molecular weight is 557 g/mol. The molecule has 3 aromatic rings. The lowest BCUT2D eigenvalue weighted by atomic mass is 9.84. The van der Waals surface area contributed by atoms with Gasteiger partial charge < -0.3 is 14.2 Å². The van der Waals surface area contributed by atoms with Gasteiger partial charge in [-0.3, -0.25) is 9.59 Å². The number of methoxy groups -OCH3 is 1. The number of carbonyl (C=O) groups excluding carboxylic acids is 2. The van der Waals surface area contributed by atoms with Gasteiger partial charge in [0, 0.05) is 0 Å². The molecule has 0 radical (unpaired) electrons. The lowest BCUT2D eigenvalue weighted by Crippen LogP contribution is -2.33. The molecule has 0 N–H and O–H groups in total. The summed E-state index contributed by atoms with van der Waals surface area (Å²) in [6, 6.07) is 27.8. The van der Waals surface area contributed by atoms with Crippen LogP contribution in [0.15, 0.2) is 91.0 Å². The normalized spacial score (nSPS) is 12.7. The highest BCUT2D eigenvalue weighted by Crippen LogP contribution is 2.28. The zero-order chi connectivity index (χ0) is 29.3. The van der Waals surface area contributed by atoms with Crippen LogP contribution < -0.4 is 4.74 Å². The molecule has 41 heavy (non-hydrogen) atoms. The maximum absolute atomic E-state index is 13.5. The summed E-state index contributed by atoms with van der Waals surface area (Å²) in [6.07, 6.45) is 8.69. The fraction of sp³-hybridized carbons (Fsp3) is 0.389. The number of carbonyl (C=O) groups is 2. The van der Waals surface area contributed by atoms with Crippen molar-refractivity contribution in [1.29, 1.82) is 0 Å². The minimum Gasteiger partial charge on any atom is -0.497 e. The van der Waals surface area contributed by atoms with Crippen LogP contribution in [0.5, 0.6) is 5.75 Å². The molecule has 0 spiro atoms. The molecule has 0 aromatic heterocycles. The molecule has 218 valence electrons. The number of hydrogen-bond acceptors (Lipinski definition) is 5. The molecule has 0 heterocycles. The van der Waals surface area contributed by atoms with E-state index in [9.17, 15) is 9.59 Å². The Hall–Kier alpha value is -3.86. The average Bonchev–Trinajstić information content (AvgIpc) is 3.00. The van der Waals surface area contributed by atoms with Crippen LogP contribution >= 0.6 is 0 Å². The molecular weight excluding hydrogens is 512 g/mol. The van der Waals surface area contributed by atoms with E-state index in [1.165, 1.54) is 5.56 Å². The van der Waals surface area contributed by atoms with Crippen LogP contribution in [0.2, 0.25) is 0 Å². The molecule has 3 rings (SSSR count). The van der Waals surface area contributed by atoms with Crippen molar-refractivity contribution >= 4 is 18.0 Å². The third-order valence-electron chi connectivity index (χ3n) is 7.01. The van der Waals surface area contributed by atoms with E-state index >= 15 is 0 Å². The van der Waals surface area contributed by atoms with Crippen LogP contribution in [0, 0.1) is 17.8 Å². The summed E-state index contributed by atoms with van der Waals surface area (Å²) >= 11 is 0. The first-order valence-electron chi connectivity index (χ1n) is 14.7. The van der Waals surface area contributed by atoms with Crippen molar-refractivity contribution in [2.24, 2.45) is 17.8 Å². The smallest absolute Gasteiger partial charge is 0.310 e. The Kier molecular flexibility index (Phi) is 13.7. The van der Waals surface area contributed by atoms with Gasteiger partial charge in [-0.2, -0.15) is 0 Å². The predicted octanol–water partition coefficient (Wildman–Crippen LogP) is 8.08. The number of unbranched alkanes of at least 4 members (excludes halogenated alkanes) is 2. The minimum atomic E-state index is -0.624. The topological polar surface area (TPSA) is 61.8 Å². The van der Waals surface area contributed by atoms with Crippen LogP contribution in [0.3, 0.4) is 0 Å². The maximum Gasteiger partial charge on any atom is 0.310 e. The van der Waals surface area contributed by atoms with Gasteiger partial charge in [-0.15, -0.1) is 0 Å². The number of ether oxygens (including phenoxy) is 3. The van der Waals surface area contributed by atoms with E-state index in [2.05, 4.69) is 24.3 Å². The Labute approximate surface area is 245 Å². The number of esters is 2. The molecule has 0 aliphatic heterocycles. The summed E-state index contributed by atoms with van der Waals surface area (Å²) in [5, 5.41) is 0. The Balaban J connectivity index is 1.72. The van der Waals surface area contributed by atoms with E-state index in [0.717, 1.165) is 42.6 Å². The molecule has 0 saturated carbocycles. The van der Waals surface area contributed by atoms with Crippen LogP contribution in [-0.2, 0) is 32.1 Å². The predicted molar refractivity (Wildman–Crippen MR) is 164 cm³/mol. The van der Waals surface area contributed by atoms with Crippen molar-refractivity contribution in [2.45, 2.75) is 59.0 Å². The SMILES string of the molecule is COc1ccc(/C=C/C[C@@H](C(=O)OCC(C)C)[C@H](CCCCCc2ccccc2)C(=O)OCc2ccccc2)cc1. The lowest BCUT2D eigenvalue weighted by Gasteiger charge is -2.24. The molecule has 5 nitrogen and oxygen atoms in total. The summed E-state index contributed by atoms with van der Waals surface area (Å²) in [6.45, 7) is 4.51. The highest BCUT2D eigenvalue weighted by atomic mass is 16.5. The zero-order valence-electron chi connectivity index (χ0n) is 24.7. The van der Waals surface area contributed by atoms with E-state index in [-0.39, 0.29) is 24.5 Å². The first kappa shape index (κ1) is 31.7. The first-order chi connectivity index (χ1) is 20.0. The van der Waals surface area contributed by atoms with E-state index in [4.69, 9.17) is 14.2 Å². The molecule has 0 fully saturated rings. The molecule has 5 heteroatoms. The van der Waals surface area contributed by atoms with Gasteiger partial charge in [-0.05, 0) is 60.4 Å². The van der Waals surface area contributed by atoms with E-state index < -0.39 is 11.8 Å². The second kappa shape index (κ2) is 17.8. The quantitative estimate of drug-likeness (QED) is 0.124. The molecule has 0 aliphatic rings. The van der Waals surface area contributed by atoms with E-state index in [0.29, 0.717) is 19.4 Å². The lowest BCUT2D eigenvalue weighted by molar-refractivity contribution is -0.162. The summed E-state index contributed by atoms with van der Waals surface area (Å²) < 4.78 is 16.7. The van der Waals surface area contributed by atoms with Crippen LogP contribution in [0.25, 0.3) is 6.08 Å². The van der Waals surface area contributed by atoms with Crippen molar-refractivity contribution in [2.75, 3.05) is 13.7 Å². The highest BCUT2D eigenvalue weighted by Gasteiger charge is 2.35. The number of allylic oxidation sites excluding steroid dienone is 1. The van der Waals surface area contributed by atoms with Crippen LogP contribution in [0.1, 0.15) is 62.6 Å². The third-order valence-corrected chi connectivity index (χ3v) is 7.01. The van der Waals surface area contributed by atoms with Gasteiger partial charge in [0.05, 0.1) is 25.6 Å². The molecule has 3 aromatic carbocycles. The minimum absolute atomic E-state index is 0.180. The second-order valence-electron chi connectivity index (χ2n) is 10.8. The maximum atomic E-state index is 13.5. The molecule has 0 unspecified atom stereocenters. The fourth-order valence-electron chi connectivity index (χ4n) is 4.68.